The molecule has 3 nitrogen and oxygen atoms in total. The third-order valence-electron chi connectivity index (χ3n) is 1.99. The highest BCUT2D eigenvalue weighted by Gasteiger charge is 2.00. The Bertz CT molecular complexity index is 241. The van der Waals surface area contributed by atoms with Gasteiger partial charge in [-0.05, 0) is 18.5 Å². The first-order valence-electron chi connectivity index (χ1n) is 4.69. The van der Waals surface area contributed by atoms with Gasteiger partial charge in [0.25, 0.3) is 0 Å². The van der Waals surface area contributed by atoms with Crippen molar-refractivity contribution in [2.45, 2.75) is 26.2 Å². The van der Waals surface area contributed by atoms with Gasteiger partial charge in [0, 0.05) is 25.4 Å². The molecule has 0 spiro atoms. The van der Waals surface area contributed by atoms with Crippen LogP contribution in [0.4, 0.5) is 0 Å². The molecule has 0 radical (unpaired) electrons. The van der Waals surface area contributed by atoms with Gasteiger partial charge in [-0.1, -0.05) is 13.8 Å². The first-order chi connectivity index (χ1) is 6.24. The molecule has 13 heavy (non-hydrogen) atoms. The largest absolute Gasteiger partial charge is 0.319 e. The van der Waals surface area contributed by atoms with Crippen LogP contribution in [0, 0.1) is 0 Å². The van der Waals surface area contributed by atoms with E-state index < -0.39 is 0 Å². The van der Waals surface area contributed by atoms with Crippen molar-refractivity contribution in [3.63, 3.8) is 0 Å². The Morgan fingerprint density at radius 3 is 2.38 bits per heavy atom. The van der Waals surface area contributed by atoms with Crippen LogP contribution in [0.15, 0.2) is 12.4 Å². The summed E-state index contributed by atoms with van der Waals surface area (Å²) in [7, 11) is 1.93. The molecule has 0 aliphatic carbocycles. The van der Waals surface area contributed by atoms with E-state index >= 15 is 0 Å². The van der Waals surface area contributed by atoms with Crippen LogP contribution in [-0.2, 0) is 6.42 Å². The predicted molar refractivity (Wildman–Crippen MR) is 53.8 cm³/mol. The minimum Gasteiger partial charge on any atom is -0.319 e. The topological polar surface area (TPSA) is 37.8 Å². The van der Waals surface area contributed by atoms with Crippen LogP contribution in [0.2, 0.25) is 0 Å². The zero-order chi connectivity index (χ0) is 9.68. The summed E-state index contributed by atoms with van der Waals surface area (Å²) in [6.45, 7) is 5.22. The highest BCUT2D eigenvalue weighted by atomic mass is 14.9. The summed E-state index contributed by atoms with van der Waals surface area (Å²) in [4.78, 5) is 8.57. The van der Waals surface area contributed by atoms with Crippen molar-refractivity contribution in [1.82, 2.24) is 15.3 Å². The van der Waals surface area contributed by atoms with Crippen molar-refractivity contribution in [1.29, 1.82) is 0 Å². The van der Waals surface area contributed by atoms with Crippen LogP contribution in [0.5, 0.6) is 0 Å². The summed E-state index contributed by atoms with van der Waals surface area (Å²) in [5.41, 5.74) is 1.20. The molecule has 0 fully saturated rings. The smallest absolute Gasteiger partial charge is 0.129 e. The van der Waals surface area contributed by atoms with Crippen LogP contribution >= 0.6 is 0 Å². The summed E-state index contributed by atoms with van der Waals surface area (Å²) < 4.78 is 0. The zero-order valence-electron chi connectivity index (χ0n) is 8.54. The standard InChI is InChI=1S/C10H17N3/c1-8(2)9-6-12-10(13-7-9)4-5-11-3/h6-8,11H,4-5H2,1-3H3. The van der Waals surface area contributed by atoms with E-state index in [4.69, 9.17) is 0 Å². The van der Waals surface area contributed by atoms with Gasteiger partial charge >= 0.3 is 0 Å². The third-order valence-corrected chi connectivity index (χ3v) is 1.99. The van der Waals surface area contributed by atoms with Gasteiger partial charge in [0.15, 0.2) is 0 Å². The first-order valence-corrected chi connectivity index (χ1v) is 4.69. The Balaban J connectivity index is 2.59. The fourth-order valence-electron chi connectivity index (χ4n) is 1.03. The molecule has 1 heterocycles. The van der Waals surface area contributed by atoms with Crippen LogP contribution < -0.4 is 5.32 Å². The predicted octanol–water partition coefficient (Wildman–Crippen LogP) is 1.36. The maximum absolute atomic E-state index is 4.29. The zero-order valence-corrected chi connectivity index (χ0v) is 8.54. The van der Waals surface area contributed by atoms with Gasteiger partial charge in [-0.3, -0.25) is 0 Å². The van der Waals surface area contributed by atoms with Crippen LogP contribution in [-0.4, -0.2) is 23.6 Å². The van der Waals surface area contributed by atoms with E-state index in [2.05, 4.69) is 29.1 Å². The Kier molecular flexibility index (Phi) is 3.83. The molecule has 72 valence electrons. The maximum Gasteiger partial charge on any atom is 0.129 e. The van der Waals surface area contributed by atoms with Gasteiger partial charge in [-0.25, -0.2) is 9.97 Å². The van der Waals surface area contributed by atoms with E-state index in [1.807, 2.05) is 19.4 Å². The number of hydrogen-bond acceptors (Lipinski definition) is 3. The molecule has 3 heteroatoms. The van der Waals surface area contributed by atoms with Crippen LogP contribution in [0.1, 0.15) is 31.2 Å². The van der Waals surface area contributed by atoms with E-state index in [0.29, 0.717) is 5.92 Å². The summed E-state index contributed by atoms with van der Waals surface area (Å²) in [5.74, 6) is 1.43. The van der Waals surface area contributed by atoms with Gasteiger partial charge in [-0.2, -0.15) is 0 Å². The van der Waals surface area contributed by atoms with Gasteiger partial charge in [-0.15, -0.1) is 0 Å². The lowest BCUT2D eigenvalue weighted by Gasteiger charge is -2.04. The van der Waals surface area contributed by atoms with Crippen molar-refractivity contribution in [2.24, 2.45) is 0 Å². The quantitative estimate of drug-likeness (QED) is 0.758. The van der Waals surface area contributed by atoms with Gasteiger partial charge in [0.05, 0.1) is 0 Å². The van der Waals surface area contributed by atoms with E-state index in [1.165, 1.54) is 5.56 Å². The number of rotatable bonds is 4. The molecule has 0 aliphatic rings. The molecule has 1 aromatic rings. The van der Waals surface area contributed by atoms with Crippen LogP contribution in [0.25, 0.3) is 0 Å². The van der Waals surface area contributed by atoms with Crippen molar-refractivity contribution in [2.75, 3.05) is 13.6 Å². The van der Waals surface area contributed by atoms with Crippen LogP contribution in [0.3, 0.4) is 0 Å². The van der Waals surface area contributed by atoms with Crippen molar-refractivity contribution >= 4 is 0 Å². The number of nitrogens with zero attached hydrogens (tertiary/aromatic N) is 2. The van der Waals surface area contributed by atoms with Gasteiger partial charge in [0.2, 0.25) is 0 Å². The molecule has 0 bridgehead atoms. The summed E-state index contributed by atoms with van der Waals surface area (Å²) >= 11 is 0. The second-order valence-electron chi connectivity index (χ2n) is 3.44. The Morgan fingerprint density at radius 2 is 1.92 bits per heavy atom. The average Bonchev–Trinajstić information content (AvgIpc) is 2.15. The Hall–Kier alpha value is -0.960. The number of likely N-dealkylation sites (N-methyl/N-ethyl adjacent to an activating group) is 1. The molecular weight excluding hydrogens is 162 g/mol. The third kappa shape index (κ3) is 3.11. The lowest BCUT2D eigenvalue weighted by atomic mass is 10.1. The Labute approximate surface area is 79.6 Å². The number of nitrogens with one attached hydrogen (secondary N) is 1. The second kappa shape index (κ2) is 4.92. The first kappa shape index (κ1) is 10.1. The maximum atomic E-state index is 4.29. The summed E-state index contributed by atoms with van der Waals surface area (Å²) in [6.07, 6.45) is 4.74. The molecule has 0 atom stereocenters. The summed E-state index contributed by atoms with van der Waals surface area (Å²) in [5, 5.41) is 3.07. The summed E-state index contributed by atoms with van der Waals surface area (Å²) in [6, 6.07) is 0. The van der Waals surface area contributed by atoms with Crippen molar-refractivity contribution in [3.05, 3.63) is 23.8 Å². The van der Waals surface area contributed by atoms with Gasteiger partial charge < -0.3 is 5.32 Å². The van der Waals surface area contributed by atoms with Gasteiger partial charge in [0.1, 0.15) is 5.82 Å². The fraction of sp³-hybridized carbons (Fsp3) is 0.600. The minimum atomic E-state index is 0.512. The molecule has 0 unspecified atom stereocenters. The lowest BCUT2D eigenvalue weighted by molar-refractivity contribution is 0.745. The molecular formula is C10H17N3. The SMILES string of the molecule is CNCCc1ncc(C(C)C)cn1. The molecule has 0 aromatic carbocycles. The highest BCUT2D eigenvalue weighted by molar-refractivity contribution is 5.09. The average molecular weight is 179 g/mol. The molecule has 1 aromatic heterocycles. The number of aromatic nitrogens is 2. The van der Waals surface area contributed by atoms with E-state index in [0.717, 1.165) is 18.8 Å². The molecule has 0 aliphatic heterocycles. The molecule has 1 N–H and O–H groups in total. The van der Waals surface area contributed by atoms with Crippen molar-refractivity contribution < 1.29 is 0 Å². The van der Waals surface area contributed by atoms with E-state index in [-0.39, 0.29) is 0 Å². The molecule has 0 saturated heterocycles. The monoisotopic (exact) mass is 179 g/mol. The molecule has 0 saturated carbocycles. The normalized spacial score (nSPS) is 10.8. The number of hydrogen-bond donors (Lipinski definition) is 1. The molecule has 1 rings (SSSR count). The highest BCUT2D eigenvalue weighted by Crippen LogP contribution is 2.10. The van der Waals surface area contributed by atoms with E-state index in [1.54, 1.807) is 0 Å². The van der Waals surface area contributed by atoms with Crippen molar-refractivity contribution in [3.8, 4) is 0 Å². The fourth-order valence-corrected chi connectivity index (χ4v) is 1.03. The molecule has 0 amide bonds. The second-order valence-corrected chi connectivity index (χ2v) is 3.44. The Morgan fingerprint density at radius 1 is 1.31 bits per heavy atom. The minimum absolute atomic E-state index is 0.512. The lowest BCUT2D eigenvalue weighted by Crippen LogP contribution is -2.12. The van der Waals surface area contributed by atoms with E-state index in [9.17, 15) is 0 Å².